The van der Waals surface area contributed by atoms with Gasteiger partial charge in [-0.2, -0.15) is 9.61 Å². The van der Waals surface area contributed by atoms with Gasteiger partial charge in [0.2, 0.25) is 5.65 Å². The maximum atomic E-state index is 4.54. The average Bonchev–Trinajstić information content (AvgIpc) is 2.89. The number of fused-ring (bicyclic) bond motifs is 1. The van der Waals surface area contributed by atoms with E-state index in [1.165, 1.54) is 0 Å². The molecule has 0 atom stereocenters. The Morgan fingerprint density at radius 2 is 2.05 bits per heavy atom. The third kappa shape index (κ3) is 2.60. The van der Waals surface area contributed by atoms with E-state index in [0.717, 1.165) is 43.0 Å². The van der Waals surface area contributed by atoms with Crippen LogP contribution in [0.1, 0.15) is 38.3 Å². The second kappa shape index (κ2) is 5.36. The lowest BCUT2D eigenvalue weighted by Gasteiger charge is -2.30. The molecule has 1 aliphatic rings. The van der Waals surface area contributed by atoms with E-state index in [9.17, 15) is 0 Å². The van der Waals surface area contributed by atoms with Gasteiger partial charge in [0, 0.05) is 6.04 Å². The highest BCUT2D eigenvalue weighted by Crippen LogP contribution is 2.22. The quantitative estimate of drug-likeness (QED) is 0.924. The summed E-state index contributed by atoms with van der Waals surface area (Å²) in [5.41, 5.74) is 2.93. The summed E-state index contributed by atoms with van der Waals surface area (Å²) in [6, 6.07) is 2.63. The van der Waals surface area contributed by atoms with Gasteiger partial charge >= 0.3 is 0 Å². The molecule has 6 heteroatoms. The summed E-state index contributed by atoms with van der Waals surface area (Å²) in [6.45, 7) is 6.58. The fourth-order valence-electron chi connectivity index (χ4n) is 2.61. The predicted molar refractivity (Wildman–Crippen MR) is 79.0 cm³/mol. The van der Waals surface area contributed by atoms with Crippen LogP contribution in [0.3, 0.4) is 0 Å². The van der Waals surface area contributed by atoms with Crippen molar-refractivity contribution in [2.24, 2.45) is 0 Å². The summed E-state index contributed by atoms with van der Waals surface area (Å²) in [7, 11) is 2.18. The van der Waals surface area contributed by atoms with Crippen LogP contribution < -0.4 is 5.32 Å². The van der Waals surface area contributed by atoms with E-state index < -0.39 is 0 Å². The van der Waals surface area contributed by atoms with Crippen molar-refractivity contribution in [3.63, 3.8) is 0 Å². The fourth-order valence-corrected chi connectivity index (χ4v) is 2.61. The van der Waals surface area contributed by atoms with Crippen LogP contribution in [0.4, 0.5) is 5.69 Å². The fraction of sp³-hybridized carbons (Fsp3) is 0.643. The Morgan fingerprint density at radius 1 is 1.30 bits per heavy atom. The first kappa shape index (κ1) is 13.3. The van der Waals surface area contributed by atoms with Gasteiger partial charge in [-0.1, -0.05) is 13.8 Å². The first-order valence-electron chi connectivity index (χ1n) is 7.29. The Kier molecular flexibility index (Phi) is 3.56. The molecule has 2 aromatic heterocycles. The standard InChI is InChI=1S/C14H22N6/c1-10(2)12-8-13(14-17-15-9-20(14)18-12)16-11-4-6-19(3)7-5-11/h8-11,16H,4-7H2,1-3H3. The van der Waals surface area contributed by atoms with Gasteiger partial charge < -0.3 is 10.2 Å². The van der Waals surface area contributed by atoms with Crippen LogP contribution in [0.15, 0.2) is 12.4 Å². The molecule has 2 aromatic rings. The SMILES string of the molecule is CC(C)c1cc(NC2CCN(C)CC2)c2nncn2n1. The van der Waals surface area contributed by atoms with Gasteiger partial charge in [0.25, 0.3) is 0 Å². The van der Waals surface area contributed by atoms with Crippen molar-refractivity contribution in [1.82, 2.24) is 24.7 Å². The molecule has 20 heavy (non-hydrogen) atoms. The van der Waals surface area contributed by atoms with Crippen molar-refractivity contribution in [3.05, 3.63) is 18.1 Å². The number of hydrogen-bond acceptors (Lipinski definition) is 5. The first-order chi connectivity index (χ1) is 9.63. The third-order valence-electron chi connectivity index (χ3n) is 3.96. The highest BCUT2D eigenvalue weighted by molar-refractivity contribution is 5.67. The minimum Gasteiger partial charge on any atom is -0.379 e. The second-order valence-corrected chi connectivity index (χ2v) is 5.96. The van der Waals surface area contributed by atoms with Crippen molar-refractivity contribution in [1.29, 1.82) is 0 Å². The van der Waals surface area contributed by atoms with E-state index in [4.69, 9.17) is 0 Å². The van der Waals surface area contributed by atoms with Gasteiger partial charge in [0.1, 0.15) is 6.33 Å². The molecular formula is C14H22N6. The van der Waals surface area contributed by atoms with E-state index in [1.807, 2.05) is 0 Å². The molecule has 108 valence electrons. The van der Waals surface area contributed by atoms with Crippen LogP contribution in [0, 0.1) is 0 Å². The monoisotopic (exact) mass is 274 g/mol. The summed E-state index contributed by atoms with van der Waals surface area (Å²) in [5, 5.41) is 16.3. The molecule has 6 nitrogen and oxygen atoms in total. The smallest absolute Gasteiger partial charge is 0.200 e. The summed E-state index contributed by atoms with van der Waals surface area (Å²) < 4.78 is 1.77. The van der Waals surface area contributed by atoms with Gasteiger partial charge in [0.15, 0.2) is 0 Å². The number of rotatable bonds is 3. The van der Waals surface area contributed by atoms with Gasteiger partial charge in [-0.05, 0) is 45.0 Å². The van der Waals surface area contributed by atoms with Crippen molar-refractivity contribution < 1.29 is 0 Å². The molecule has 0 unspecified atom stereocenters. The average molecular weight is 274 g/mol. The van der Waals surface area contributed by atoms with Crippen LogP contribution >= 0.6 is 0 Å². The van der Waals surface area contributed by atoms with Gasteiger partial charge in [-0.25, -0.2) is 0 Å². The molecule has 1 fully saturated rings. The molecular weight excluding hydrogens is 252 g/mol. The lowest BCUT2D eigenvalue weighted by atomic mass is 10.0. The normalized spacial score (nSPS) is 18.0. The number of piperidine rings is 1. The zero-order chi connectivity index (χ0) is 14.1. The van der Waals surface area contributed by atoms with Gasteiger partial charge in [-0.15, -0.1) is 10.2 Å². The molecule has 0 radical (unpaired) electrons. The number of nitrogens with zero attached hydrogens (tertiary/aromatic N) is 5. The van der Waals surface area contributed by atoms with E-state index in [0.29, 0.717) is 12.0 Å². The second-order valence-electron chi connectivity index (χ2n) is 5.96. The van der Waals surface area contributed by atoms with Crippen LogP contribution in [-0.2, 0) is 0 Å². The minimum absolute atomic E-state index is 0.389. The Balaban J connectivity index is 1.87. The van der Waals surface area contributed by atoms with Crippen LogP contribution in [-0.4, -0.2) is 50.9 Å². The molecule has 1 saturated heterocycles. The zero-order valence-corrected chi connectivity index (χ0v) is 12.4. The largest absolute Gasteiger partial charge is 0.379 e. The van der Waals surface area contributed by atoms with Crippen LogP contribution in [0.25, 0.3) is 5.65 Å². The lowest BCUT2D eigenvalue weighted by Crippen LogP contribution is -2.36. The number of aromatic nitrogens is 4. The number of nitrogens with one attached hydrogen (secondary N) is 1. The molecule has 3 heterocycles. The zero-order valence-electron chi connectivity index (χ0n) is 12.4. The first-order valence-corrected chi connectivity index (χ1v) is 7.29. The molecule has 0 bridgehead atoms. The Labute approximate surface area is 119 Å². The molecule has 0 spiro atoms. The predicted octanol–water partition coefficient (Wildman–Crippen LogP) is 1.75. The van der Waals surface area contributed by atoms with Crippen molar-refractivity contribution in [3.8, 4) is 0 Å². The van der Waals surface area contributed by atoms with E-state index in [1.54, 1.807) is 10.8 Å². The molecule has 0 saturated carbocycles. The molecule has 1 N–H and O–H groups in total. The van der Waals surface area contributed by atoms with Crippen LogP contribution in [0.5, 0.6) is 0 Å². The van der Waals surface area contributed by atoms with E-state index in [-0.39, 0.29) is 0 Å². The van der Waals surface area contributed by atoms with E-state index >= 15 is 0 Å². The summed E-state index contributed by atoms with van der Waals surface area (Å²) in [6.07, 6.45) is 3.99. The Hall–Kier alpha value is -1.69. The topological polar surface area (TPSA) is 58.3 Å². The molecule has 0 aliphatic carbocycles. The number of likely N-dealkylation sites (tertiary alicyclic amines) is 1. The molecule has 0 aromatic carbocycles. The number of anilines is 1. The number of hydrogen-bond donors (Lipinski definition) is 1. The molecule has 0 amide bonds. The third-order valence-corrected chi connectivity index (χ3v) is 3.96. The van der Waals surface area contributed by atoms with Crippen molar-refractivity contribution in [2.45, 2.75) is 38.6 Å². The Bertz CT molecular complexity index is 582. The maximum absolute atomic E-state index is 4.54. The van der Waals surface area contributed by atoms with Gasteiger partial charge in [-0.3, -0.25) is 0 Å². The summed E-state index contributed by atoms with van der Waals surface area (Å²) >= 11 is 0. The minimum atomic E-state index is 0.389. The molecule has 3 rings (SSSR count). The lowest BCUT2D eigenvalue weighted by molar-refractivity contribution is 0.264. The van der Waals surface area contributed by atoms with Crippen molar-refractivity contribution >= 4 is 11.3 Å². The van der Waals surface area contributed by atoms with Gasteiger partial charge in [0.05, 0.1) is 11.4 Å². The summed E-state index contributed by atoms with van der Waals surface area (Å²) in [4.78, 5) is 2.37. The van der Waals surface area contributed by atoms with E-state index in [2.05, 4.69) is 52.5 Å². The van der Waals surface area contributed by atoms with Crippen molar-refractivity contribution in [2.75, 3.05) is 25.5 Å². The molecule has 1 aliphatic heterocycles. The summed E-state index contributed by atoms with van der Waals surface area (Å²) in [5.74, 6) is 0.389. The highest BCUT2D eigenvalue weighted by Gasteiger charge is 2.18. The van der Waals surface area contributed by atoms with Crippen LogP contribution in [0.2, 0.25) is 0 Å². The maximum Gasteiger partial charge on any atom is 0.200 e. The highest BCUT2D eigenvalue weighted by atomic mass is 15.3. The Morgan fingerprint density at radius 3 is 2.75 bits per heavy atom.